The molecule has 0 heterocycles. The van der Waals surface area contributed by atoms with Crippen LogP contribution in [0.4, 0.5) is 0 Å². The van der Waals surface area contributed by atoms with Crippen molar-refractivity contribution in [2.75, 3.05) is 25.8 Å². The van der Waals surface area contributed by atoms with Crippen molar-refractivity contribution in [3.63, 3.8) is 0 Å². The summed E-state index contributed by atoms with van der Waals surface area (Å²) in [6.07, 6.45) is 1.27. The maximum Gasteiger partial charge on any atom is 0.0834 e. The summed E-state index contributed by atoms with van der Waals surface area (Å²) in [6.45, 7) is 9.28. The van der Waals surface area contributed by atoms with Crippen LogP contribution in [0.3, 0.4) is 0 Å². The van der Waals surface area contributed by atoms with Gasteiger partial charge in [0.05, 0.1) is 6.16 Å². The molecule has 0 nitrogen and oxygen atoms in total. The van der Waals surface area contributed by atoms with Gasteiger partial charge in [0.15, 0.2) is 0 Å². The fourth-order valence-electron chi connectivity index (χ4n) is 1.24. The van der Waals surface area contributed by atoms with Crippen molar-refractivity contribution in [3.05, 3.63) is 35.4 Å². The molecule has 0 bridgehead atoms. The normalized spacial score (nSPS) is 10.4. The quantitative estimate of drug-likeness (QED) is 0.554. The second kappa shape index (κ2) is 6.58. The van der Waals surface area contributed by atoms with E-state index in [-0.39, 0.29) is 0 Å². The summed E-state index contributed by atoms with van der Waals surface area (Å²) < 4.78 is 0. The zero-order valence-electron chi connectivity index (χ0n) is 9.84. The van der Waals surface area contributed by atoms with Crippen molar-refractivity contribution >= 4 is 23.2 Å². The molecule has 0 saturated carbocycles. The summed E-state index contributed by atoms with van der Waals surface area (Å²) in [6, 6.07) is 8.90. The van der Waals surface area contributed by atoms with Crippen molar-refractivity contribution in [2.24, 2.45) is 0 Å². The number of alkyl halides is 1. The number of hydrogen-bond acceptors (Lipinski definition) is 0. The number of benzene rings is 1. The molecular formula is C12H21BrP+. The van der Waals surface area contributed by atoms with Crippen LogP contribution in [-0.4, -0.2) is 25.8 Å². The largest absolute Gasteiger partial charge is 0.0966 e. The molecule has 1 aromatic rings. The highest BCUT2D eigenvalue weighted by atomic mass is 79.9. The van der Waals surface area contributed by atoms with Crippen molar-refractivity contribution in [3.8, 4) is 0 Å². The van der Waals surface area contributed by atoms with Crippen molar-refractivity contribution in [1.82, 2.24) is 0 Å². The minimum absolute atomic E-state index is 0.653. The first-order valence-corrected chi connectivity index (χ1v) is 9.61. The van der Waals surface area contributed by atoms with E-state index in [1.165, 1.54) is 17.3 Å². The van der Waals surface area contributed by atoms with Crippen LogP contribution in [0.25, 0.3) is 0 Å². The second-order valence-corrected chi connectivity index (χ2v) is 9.33. The molecule has 0 unspecified atom stereocenters. The molecule has 1 rings (SSSR count). The molecule has 80 valence electrons. The third-order valence-corrected chi connectivity index (χ3v) is 3.09. The van der Waals surface area contributed by atoms with Crippen LogP contribution in [0.1, 0.15) is 11.1 Å². The van der Waals surface area contributed by atoms with Gasteiger partial charge in [0.25, 0.3) is 0 Å². The predicted octanol–water partition coefficient (Wildman–Crippen LogP) is 4.41. The highest BCUT2D eigenvalue weighted by Crippen LogP contribution is 2.49. The van der Waals surface area contributed by atoms with E-state index in [9.17, 15) is 0 Å². The summed E-state index contributed by atoms with van der Waals surface area (Å²) in [5.74, 6) is 1.81. The van der Waals surface area contributed by atoms with E-state index in [0.29, 0.717) is 0 Å². The number of rotatable bonds is 2. The fourth-order valence-corrected chi connectivity index (χ4v) is 2.55. The molecule has 0 aliphatic heterocycles. The first-order chi connectivity index (χ1) is 6.47. The van der Waals surface area contributed by atoms with Crippen LogP contribution in [0, 0.1) is 6.92 Å². The first-order valence-electron chi connectivity index (χ1n) is 4.71. The van der Waals surface area contributed by atoms with Gasteiger partial charge in [-0.2, -0.15) is 0 Å². The van der Waals surface area contributed by atoms with E-state index in [1.54, 1.807) is 0 Å². The first kappa shape index (κ1) is 14.1. The molecular weight excluding hydrogens is 255 g/mol. The topological polar surface area (TPSA) is 0 Å². The molecule has 0 aliphatic carbocycles. The summed E-state index contributed by atoms with van der Waals surface area (Å²) in [4.78, 5) is 0. The molecule has 0 saturated heterocycles. The van der Waals surface area contributed by atoms with Crippen LogP contribution in [0.2, 0.25) is 0 Å². The van der Waals surface area contributed by atoms with Gasteiger partial charge in [0.2, 0.25) is 0 Å². The SMILES string of the molecule is CBr.Cc1ccc(C[P+](C)(C)C)cc1. The van der Waals surface area contributed by atoms with Gasteiger partial charge >= 0.3 is 0 Å². The van der Waals surface area contributed by atoms with Gasteiger partial charge in [-0.3, -0.25) is 0 Å². The van der Waals surface area contributed by atoms with E-state index in [2.05, 4.69) is 67.1 Å². The Morgan fingerprint density at radius 2 is 1.43 bits per heavy atom. The third kappa shape index (κ3) is 6.56. The number of aryl methyl sites for hydroxylation is 1. The van der Waals surface area contributed by atoms with Gasteiger partial charge in [-0.25, -0.2) is 0 Å². The summed E-state index contributed by atoms with van der Waals surface area (Å²) in [7, 11) is -0.653. The Balaban J connectivity index is 0.000000791. The van der Waals surface area contributed by atoms with Crippen LogP contribution in [0.15, 0.2) is 24.3 Å². The van der Waals surface area contributed by atoms with Crippen molar-refractivity contribution in [1.29, 1.82) is 0 Å². The lowest BCUT2D eigenvalue weighted by atomic mass is 10.2. The second-order valence-electron chi connectivity index (χ2n) is 4.43. The van der Waals surface area contributed by atoms with E-state index in [1.807, 2.05) is 5.83 Å². The van der Waals surface area contributed by atoms with Crippen LogP contribution in [0.5, 0.6) is 0 Å². The molecule has 0 atom stereocenters. The lowest BCUT2D eigenvalue weighted by Crippen LogP contribution is -1.91. The molecule has 0 amide bonds. The minimum atomic E-state index is -0.653. The zero-order valence-corrected chi connectivity index (χ0v) is 12.3. The Labute approximate surface area is 97.6 Å². The lowest BCUT2D eigenvalue weighted by molar-refractivity contribution is 1.34. The minimum Gasteiger partial charge on any atom is -0.0966 e. The average molecular weight is 276 g/mol. The van der Waals surface area contributed by atoms with Crippen molar-refractivity contribution < 1.29 is 0 Å². The van der Waals surface area contributed by atoms with Gasteiger partial charge in [-0.15, -0.1) is 0 Å². The molecule has 0 spiro atoms. The van der Waals surface area contributed by atoms with E-state index in [4.69, 9.17) is 0 Å². The van der Waals surface area contributed by atoms with Gasteiger partial charge in [-0.1, -0.05) is 45.8 Å². The van der Waals surface area contributed by atoms with Crippen molar-refractivity contribution in [2.45, 2.75) is 13.1 Å². The van der Waals surface area contributed by atoms with E-state index in [0.717, 1.165) is 0 Å². The van der Waals surface area contributed by atoms with Gasteiger partial charge in [0.1, 0.15) is 0 Å². The Kier molecular flexibility index (Phi) is 6.64. The van der Waals surface area contributed by atoms with Crippen LogP contribution < -0.4 is 0 Å². The van der Waals surface area contributed by atoms with Crippen LogP contribution >= 0.6 is 23.2 Å². The summed E-state index contributed by atoms with van der Waals surface area (Å²) in [5, 5.41) is 0. The molecule has 0 N–H and O–H groups in total. The molecule has 0 aromatic heterocycles. The molecule has 0 aliphatic rings. The smallest absolute Gasteiger partial charge is 0.0834 e. The Morgan fingerprint density at radius 1 is 1.00 bits per heavy atom. The molecule has 0 radical (unpaired) electrons. The van der Waals surface area contributed by atoms with Crippen LogP contribution in [-0.2, 0) is 6.16 Å². The average Bonchev–Trinajstić information content (AvgIpc) is 2.10. The molecule has 14 heavy (non-hydrogen) atoms. The highest BCUT2D eigenvalue weighted by molar-refractivity contribution is 9.08. The van der Waals surface area contributed by atoms with Gasteiger partial charge in [0, 0.05) is 27.3 Å². The monoisotopic (exact) mass is 275 g/mol. The highest BCUT2D eigenvalue weighted by Gasteiger charge is 2.17. The molecule has 1 aromatic carbocycles. The van der Waals surface area contributed by atoms with Gasteiger partial charge in [-0.05, 0) is 18.3 Å². The fraction of sp³-hybridized carbons (Fsp3) is 0.500. The number of halogens is 1. The summed E-state index contributed by atoms with van der Waals surface area (Å²) in [5.41, 5.74) is 2.84. The molecule has 0 fully saturated rings. The Morgan fingerprint density at radius 3 is 1.79 bits per heavy atom. The molecule has 2 heteroatoms. The maximum absolute atomic E-state index is 2.94. The van der Waals surface area contributed by atoms with E-state index < -0.39 is 7.26 Å². The number of hydrogen-bond donors (Lipinski definition) is 0. The lowest BCUT2D eigenvalue weighted by Gasteiger charge is -2.11. The summed E-state index contributed by atoms with van der Waals surface area (Å²) >= 11 is 2.94. The predicted molar refractivity (Wildman–Crippen MR) is 74.4 cm³/mol. The van der Waals surface area contributed by atoms with Gasteiger partial charge < -0.3 is 0 Å². The third-order valence-electron chi connectivity index (χ3n) is 1.78. The standard InChI is InChI=1S/C11H18P.CH3Br/c1-10-5-7-11(8-6-10)9-12(2,3)4;1-2/h5-8H,9H2,1-4H3;1H3/q+1;. The Hall–Kier alpha value is 0.130. The zero-order chi connectivity index (χ0) is 11.2. The van der Waals surface area contributed by atoms with E-state index >= 15 is 0 Å². The maximum atomic E-state index is 2.94. The Bertz CT molecular complexity index is 246.